The first kappa shape index (κ1) is 15.9. The van der Waals surface area contributed by atoms with Gasteiger partial charge in [-0.15, -0.1) is 0 Å². The van der Waals surface area contributed by atoms with E-state index in [2.05, 4.69) is 5.10 Å². The van der Waals surface area contributed by atoms with Gasteiger partial charge in [-0.2, -0.15) is 5.10 Å². The number of aromatic carboxylic acids is 1. The number of hydrogen-bond acceptors (Lipinski definition) is 2. The molecule has 0 saturated carbocycles. The molecule has 0 aliphatic carbocycles. The largest absolute Gasteiger partial charge is 0.478 e. The van der Waals surface area contributed by atoms with Crippen LogP contribution in [-0.4, -0.2) is 20.9 Å². The van der Waals surface area contributed by atoms with Gasteiger partial charge in [0.1, 0.15) is 11.6 Å². The van der Waals surface area contributed by atoms with Gasteiger partial charge in [-0.05, 0) is 47.9 Å². The van der Waals surface area contributed by atoms with Gasteiger partial charge in [0.15, 0.2) is 0 Å². The Bertz CT molecular complexity index is 906. The number of rotatable bonds is 4. The monoisotopic (exact) mass is 328 g/mol. The molecule has 0 spiro atoms. The van der Waals surface area contributed by atoms with Gasteiger partial charge in [0.25, 0.3) is 0 Å². The lowest BCUT2D eigenvalue weighted by atomic mass is 9.96. The fourth-order valence-electron chi connectivity index (χ4n) is 2.51. The first-order chi connectivity index (χ1) is 11.5. The second kappa shape index (κ2) is 6.23. The van der Waals surface area contributed by atoms with Crippen molar-refractivity contribution in [3.63, 3.8) is 0 Å². The van der Waals surface area contributed by atoms with E-state index in [1.807, 2.05) is 0 Å². The molecule has 1 heterocycles. The Morgan fingerprint density at radius 3 is 2.62 bits per heavy atom. The fourth-order valence-corrected chi connectivity index (χ4v) is 2.51. The number of aromatic nitrogens is 2. The molecule has 0 saturated heterocycles. The summed E-state index contributed by atoms with van der Waals surface area (Å²) in [5.74, 6) is -2.32. The Morgan fingerprint density at radius 1 is 1.21 bits per heavy atom. The number of benzene rings is 2. The molecule has 0 amide bonds. The van der Waals surface area contributed by atoms with Gasteiger partial charge >= 0.3 is 5.97 Å². The average Bonchev–Trinajstić information content (AvgIpc) is 3.05. The number of nitrogens with zero attached hydrogens (tertiary/aromatic N) is 2. The minimum absolute atomic E-state index is 0.172. The molecular weight excluding hydrogens is 314 g/mol. The van der Waals surface area contributed by atoms with Crippen LogP contribution in [0, 0.1) is 18.6 Å². The van der Waals surface area contributed by atoms with Gasteiger partial charge in [-0.1, -0.05) is 12.1 Å². The Labute approximate surface area is 137 Å². The van der Waals surface area contributed by atoms with Crippen LogP contribution >= 0.6 is 0 Å². The summed E-state index contributed by atoms with van der Waals surface area (Å²) >= 11 is 0. The van der Waals surface area contributed by atoms with E-state index in [9.17, 15) is 13.6 Å². The number of halogens is 2. The maximum absolute atomic E-state index is 14.4. The average molecular weight is 328 g/mol. The topological polar surface area (TPSA) is 55.1 Å². The molecule has 2 aromatic carbocycles. The van der Waals surface area contributed by atoms with Gasteiger partial charge in [0.05, 0.1) is 12.1 Å². The minimum Gasteiger partial charge on any atom is -0.478 e. The Balaban J connectivity index is 2.01. The summed E-state index contributed by atoms with van der Waals surface area (Å²) < 4.78 is 29.9. The summed E-state index contributed by atoms with van der Waals surface area (Å²) in [4.78, 5) is 11.1. The van der Waals surface area contributed by atoms with E-state index < -0.39 is 17.6 Å². The number of carboxylic acids is 1. The number of carboxylic acid groups (broad SMARTS) is 1. The highest BCUT2D eigenvalue weighted by atomic mass is 19.1. The van der Waals surface area contributed by atoms with E-state index in [1.54, 1.807) is 35.3 Å². The zero-order chi connectivity index (χ0) is 17.3. The Morgan fingerprint density at radius 2 is 2.00 bits per heavy atom. The SMILES string of the molecule is Cc1c(F)cc(C(=O)O)cc1-c1ccc(Cn2cccn2)c(F)c1. The molecule has 0 bridgehead atoms. The van der Waals surface area contributed by atoms with Gasteiger partial charge < -0.3 is 5.11 Å². The second-order valence-corrected chi connectivity index (χ2v) is 5.45. The molecule has 0 radical (unpaired) electrons. The van der Waals surface area contributed by atoms with Crippen molar-refractivity contribution in [2.45, 2.75) is 13.5 Å². The van der Waals surface area contributed by atoms with Crippen molar-refractivity contribution in [3.8, 4) is 11.1 Å². The maximum Gasteiger partial charge on any atom is 0.335 e. The van der Waals surface area contributed by atoms with Crippen LogP contribution in [0.1, 0.15) is 21.5 Å². The van der Waals surface area contributed by atoms with Crippen LogP contribution in [0.15, 0.2) is 48.8 Å². The van der Waals surface area contributed by atoms with Crippen molar-refractivity contribution in [2.24, 2.45) is 0 Å². The molecule has 3 rings (SSSR count). The summed E-state index contributed by atoms with van der Waals surface area (Å²) in [6, 6.07) is 8.58. The molecule has 122 valence electrons. The van der Waals surface area contributed by atoms with Gasteiger partial charge in [0, 0.05) is 18.0 Å². The third-order valence-electron chi connectivity index (χ3n) is 3.85. The quantitative estimate of drug-likeness (QED) is 0.791. The Kier molecular flexibility index (Phi) is 4.12. The third-order valence-corrected chi connectivity index (χ3v) is 3.85. The third kappa shape index (κ3) is 3.03. The van der Waals surface area contributed by atoms with Crippen LogP contribution in [0.4, 0.5) is 8.78 Å². The molecule has 24 heavy (non-hydrogen) atoms. The molecule has 0 aliphatic rings. The summed E-state index contributed by atoms with van der Waals surface area (Å²) in [7, 11) is 0. The van der Waals surface area contributed by atoms with Gasteiger partial charge in [-0.25, -0.2) is 13.6 Å². The highest BCUT2D eigenvalue weighted by Gasteiger charge is 2.14. The number of hydrogen-bond donors (Lipinski definition) is 1. The first-order valence-corrected chi connectivity index (χ1v) is 7.25. The summed E-state index contributed by atoms with van der Waals surface area (Å²) in [5.41, 5.74) is 1.33. The van der Waals surface area contributed by atoms with Gasteiger partial charge in [-0.3, -0.25) is 4.68 Å². The molecule has 1 N–H and O–H groups in total. The van der Waals surface area contributed by atoms with Crippen molar-refractivity contribution < 1.29 is 18.7 Å². The zero-order valence-electron chi connectivity index (χ0n) is 12.8. The predicted molar refractivity (Wildman–Crippen MR) is 84.8 cm³/mol. The van der Waals surface area contributed by atoms with E-state index in [1.165, 1.54) is 19.1 Å². The van der Waals surface area contributed by atoms with Crippen molar-refractivity contribution in [1.82, 2.24) is 9.78 Å². The molecule has 0 fully saturated rings. The minimum atomic E-state index is -1.23. The van der Waals surface area contributed by atoms with Crippen molar-refractivity contribution in [1.29, 1.82) is 0 Å². The van der Waals surface area contributed by atoms with E-state index in [4.69, 9.17) is 5.11 Å². The Hall–Kier alpha value is -3.02. The van der Waals surface area contributed by atoms with Gasteiger partial charge in [0.2, 0.25) is 0 Å². The van der Waals surface area contributed by atoms with Crippen molar-refractivity contribution >= 4 is 5.97 Å². The molecular formula is C18H14F2N2O2. The highest BCUT2D eigenvalue weighted by molar-refractivity contribution is 5.90. The lowest BCUT2D eigenvalue weighted by molar-refractivity contribution is 0.0696. The smallest absolute Gasteiger partial charge is 0.335 e. The summed E-state index contributed by atoms with van der Waals surface area (Å²) in [5, 5.41) is 13.1. The first-order valence-electron chi connectivity index (χ1n) is 7.25. The molecule has 1 aromatic heterocycles. The molecule has 0 atom stereocenters. The fraction of sp³-hybridized carbons (Fsp3) is 0.111. The van der Waals surface area contributed by atoms with E-state index in [-0.39, 0.29) is 17.7 Å². The van der Waals surface area contributed by atoms with Crippen LogP contribution in [-0.2, 0) is 6.54 Å². The second-order valence-electron chi connectivity index (χ2n) is 5.45. The lowest BCUT2D eigenvalue weighted by Crippen LogP contribution is -2.03. The predicted octanol–water partition coefficient (Wildman–Crippen LogP) is 3.88. The summed E-state index contributed by atoms with van der Waals surface area (Å²) in [6.07, 6.45) is 3.33. The zero-order valence-corrected chi connectivity index (χ0v) is 12.8. The highest BCUT2D eigenvalue weighted by Crippen LogP contribution is 2.28. The van der Waals surface area contributed by atoms with E-state index in [0.717, 1.165) is 6.07 Å². The molecule has 4 nitrogen and oxygen atoms in total. The molecule has 0 unspecified atom stereocenters. The van der Waals surface area contributed by atoms with E-state index in [0.29, 0.717) is 16.7 Å². The van der Waals surface area contributed by atoms with Crippen LogP contribution < -0.4 is 0 Å². The molecule has 0 aliphatic heterocycles. The molecule has 6 heteroatoms. The standard InChI is InChI=1S/C18H14F2N2O2/c1-11-15(7-14(18(23)24)9-16(11)19)12-3-4-13(17(20)8-12)10-22-6-2-5-21-22/h2-9H,10H2,1H3,(H,23,24). The molecule has 3 aromatic rings. The lowest BCUT2D eigenvalue weighted by Gasteiger charge is -2.11. The van der Waals surface area contributed by atoms with Crippen LogP contribution in [0.25, 0.3) is 11.1 Å². The van der Waals surface area contributed by atoms with Crippen molar-refractivity contribution in [3.05, 3.63) is 77.1 Å². The number of carbonyl (C=O) groups is 1. The summed E-state index contributed by atoms with van der Waals surface area (Å²) in [6.45, 7) is 1.81. The van der Waals surface area contributed by atoms with Crippen LogP contribution in [0.2, 0.25) is 0 Å². The van der Waals surface area contributed by atoms with Crippen LogP contribution in [0.5, 0.6) is 0 Å². The van der Waals surface area contributed by atoms with Crippen LogP contribution in [0.3, 0.4) is 0 Å². The maximum atomic E-state index is 14.4. The van der Waals surface area contributed by atoms with E-state index >= 15 is 0 Å². The normalized spacial score (nSPS) is 10.8. The van der Waals surface area contributed by atoms with Crippen molar-refractivity contribution in [2.75, 3.05) is 0 Å².